The van der Waals surface area contributed by atoms with Crippen LogP contribution in [0, 0.1) is 22.7 Å². The predicted molar refractivity (Wildman–Crippen MR) is 84.2 cm³/mol. The maximum absolute atomic E-state index is 9.38. The van der Waals surface area contributed by atoms with Crippen molar-refractivity contribution in [1.29, 1.82) is 10.5 Å². The molecule has 0 spiro atoms. The molecular formula is C18H14N2O2. The zero-order valence-electron chi connectivity index (χ0n) is 12.3. The fourth-order valence-electron chi connectivity index (χ4n) is 2.00. The van der Waals surface area contributed by atoms with Gasteiger partial charge in [-0.05, 0) is 35.9 Å². The van der Waals surface area contributed by atoms with Crippen LogP contribution < -0.4 is 9.47 Å². The second kappa shape index (κ2) is 6.97. The molecule has 22 heavy (non-hydrogen) atoms. The summed E-state index contributed by atoms with van der Waals surface area (Å²) in [5.41, 5.74) is 2.58. The monoisotopic (exact) mass is 290 g/mol. The highest BCUT2D eigenvalue weighted by atomic mass is 16.5. The lowest BCUT2D eigenvalue weighted by molar-refractivity contribution is 0.394. The Morgan fingerprint density at radius 3 is 2.27 bits per heavy atom. The standard InChI is InChI=1S/C18H14N2O2/c1-21-17-8-7-15(18(10-17)22-2)9-16(12-20)14-5-3-13(11-19)4-6-14/h3-10H,1-2H3/b16-9+. The van der Waals surface area contributed by atoms with Crippen LogP contribution in [0.4, 0.5) is 0 Å². The van der Waals surface area contributed by atoms with E-state index in [9.17, 15) is 5.26 Å². The van der Waals surface area contributed by atoms with Crippen molar-refractivity contribution in [2.24, 2.45) is 0 Å². The Bertz CT molecular complexity index is 778. The summed E-state index contributed by atoms with van der Waals surface area (Å²) in [5.74, 6) is 1.31. The van der Waals surface area contributed by atoms with E-state index in [0.29, 0.717) is 22.6 Å². The molecule has 0 unspecified atom stereocenters. The zero-order chi connectivity index (χ0) is 15.9. The first kappa shape index (κ1) is 15.2. The molecule has 108 valence electrons. The van der Waals surface area contributed by atoms with E-state index in [4.69, 9.17) is 14.7 Å². The number of hydrogen-bond acceptors (Lipinski definition) is 4. The second-order valence-corrected chi connectivity index (χ2v) is 4.47. The molecular weight excluding hydrogens is 276 g/mol. The Labute approximate surface area is 129 Å². The predicted octanol–water partition coefficient (Wildman–Crippen LogP) is 3.64. The molecule has 0 amide bonds. The quantitative estimate of drug-likeness (QED) is 0.637. The van der Waals surface area contributed by atoms with Gasteiger partial charge in [-0.15, -0.1) is 0 Å². The van der Waals surface area contributed by atoms with Crippen LogP contribution in [0.1, 0.15) is 16.7 Å². The topological polar surface area (TPSA) is 66.0 Å². The Kier molecular flexibility index (Phi) is 4.80. The third-order valence-corrected chi connectivity index (χ3v) is 3.19. The molecule has 0 bridgehead atoms. The van der Waals surface area contributed by atoms with Gasteiger partial charge in [-0.2, -0.15) is 10.5 Å². The van der Waals surface area contributed by atoms with E-state index in [-0.39, 0.29) is 0 Å². The number of rotatable bonds is 4. The Morgan fingerprint density at radius 2 is 1.73 bits per heavy atom. The van der Waals surface area contributed by atoms with Crippen LogP contribution >= 0.6 is 0 Å². The highest BCUT2D eigenvalue weighted by Crippen LogP contribution is 2.28. The van der Waals surface area contributed by atoms with Crippen LogP contribution in [0.15, 0.2) is 42.5 Å². The van der Waals surface area contributed by atoms with E-state index in [0.717, 1.165) is 11.1 Å². The molecule has 0 N–H and O–H groups in total. The SMILES string of the molecule is COc1ccc(/C=C(\C#N)c2ccc(C#N)cc2)c(OC)c1. The van der Waals surface area contributed by atoms with E-state index >= 15 is 0 Å². The van der Waals surface area contributed by atoms with Crippen LogP contribution in [0.3, 0.4) is 0 Å². The summed E-state index contributed by atoms with van der Waals surface area (Å²) in [7, 11) is 3.15. The normalized spacial score (nSPS) is 10.5. The van der Waals surface area contributed by atoms with Crippen molar-refractivity contribution in [3.63, 3.8) is 0 Å². The van der Waals surface area contributed by atoms with Crippen molar-refractivity contribution in [3.05, 3.63) is 59.2 Å². The van der Waals surface area contributed by atoms with Gasteiger partial charge in [-0.3, -0.25) is 0 Å². The first-order chi connectivity index (χ1) is 10.7. The molecule has 0 aliphatic heterocycles. The summed E-state index contributed by atoms with van der Waals surface area (Å²) in [6.45, 7) is 0. The van der Waals surface area contributed by atoms with Gasteiger partial charge in [0.2, 0.25) is 0 Å². The number of nitriles is 2. The van der Waals surface area contributed by atoms with E-state index in [1.165, 1.54) is 0 Å². The second-order valence-electron chi connectivity index (χ2n) is 4.47. The van der Waals surface area contributed by atoms with Crippen molar-refractivity contribution in [1.82, 2.24) is 0 Å². The largest absolute Gasteiger partial charge is 0.497 e. The van der Waals surface area contributed by atoms with Crippen molar-refractivity contribution in [2.45, 2.75) is 0 Å². The van der Waals surface area contributed by atoms with Crippen LogP contribution in [0.2, 0.25) is 0 Å². The average molecular weight is 290 g/mol. The lowest BCUT2D eigenvalue weighted by Crippen LogP contribution is -1.90. The van der Waals surface area contributed by atoms with E-state index in [1.54, 1.807) is 50.6 Å². The number of hydrogen-bond donors (Lipinski definition) is 0. The lowest BCUT2D eigenvalue weighted by atomic mass is 10.0. The molecule has 0 aliphatic carbocycles. The molecule has 0 atom stereocenters. The zero-order valence-corrected chi connectivity index (χ0v) is 12.3. The first-order valence-electron chi connectivity index (χ1n) is 6.56. The van der Waals surface area contributed by atoms with E-state index in [2.05, 4.69) is 12.1 Å². The molecule has 0 aliphatic rings. The van der Waals surface area contributed by atoms with Crippen LogP contribution in [-0.4, -0.2) is 14.2 Å². The molecule has 0 radical (unpaired) electrons. The molecule has 2 aromatic rings. The van der Waals surface area contributed by atoms with Gasteiger partial charge in [0, 0.05) is 11.6 Å². The minimum atomic E-state index is 0.493. The number of benzene rings is 2. The summed E-state index contributed by atoms with van der Waals surface area (Å²) >= 11 is 0. The van der Waals surface area contributed by atoms with Gasteiger partial charge in [0.1, 0.15) is 11.5 Å². The number of allylic oxidation sites excluding steroid dienone is 1. The first-order valence-corrected chi connectivity index (χ1v) is 6.56. The van der Waals surface area contributed by atoms with Crippen molar-refractivity contribution >= 4 is 11.6 Å². The van der Waals surface area contributed by atoms with Crippen molar-refractivity contribution in [2.75, 3.05) is 14.2 Å². The molecule has 2 rings (SSSR count). The fourth-order valence-corrected chi connectivity index (χ4v) is 2.00. The summed E-state index contributed by atoms with van der Waals surface area (Å²) in [4.78, 5) is 0. The van der Waals surface area contributed by atoms with Crippen molar-refractivity contribution in [3.8, 4) is 23.6 Å². The third-order valence-electron chi connectivity index (χ3n) is 3.19. The van der Waals surface area contributed by atoms with Gasteiger partial charge >= 0.3 is 0 Å². The Balaban J connectivity index is 2.44. The molecule has 0 saturated heterocycles. The summed E-state index contributed by atoms with van der Waals surface area (Å²) in [5, 5.41) is 18.2. The van der Waals surface area contributed by atoms with Gasteiger partial charge in [0.25, 0.3) is 0 Å². The highest BCUT2D eigenvalue weighted by Gasteiger charge is 2.06. The molecule has 4 nitrogen and oxygen atoms in total. The van der Waals surface area contributed by atoms with Crippen LogP contribution in [0.5, 0.6) is 11.5 Å². The summed E-state index contributed by atoms with van der Waals surface area (Å²) in [6.07, 6.45) is 1.75. The average Bonchev–Trinajstić information content (AvgIpc) is 2.59. The van der Waals surface area contributed by atoms with Gasteiger partial charge in [0.05, 0.1) is 37.5 Å². The van der Waals surface area contributed by atoms with E-state index in [1.807, 2.05) is 12.1 Å². The fraction of sp³-hybridized carbons (Fsp3) is 0.111. The number of nitrogens with zero attached hydrogens (tertiary/aromatic N) is 2. The van der Waals surface area contributed by atoms with Gasteiger partial charge in [0.15, 0.2) is 0 Å². The van der Waals surface area contributed by atoms with Gasteiger partial charge < -0.3 is 9.47 Å². The molecule has 0 heterocycles. The maximum atomic E-state index is 9.38. The highest BCUT2D eigenvalue weighted by molar-refractivity contribution is 5.90. The molecule has 4 heteroatoms. The Morgan fingerprint density at radius 1 is 1.00 bits per heavy atom. The molecule has 0 aromatic heterocycles. The lowest BCUT2D eigenvalue weighted by Gasteiger charge is -2.08. The maximum Gasteiger partial charge on any atom is 0.129 e. The minimum Gasteiger partial charge on any atom is -0.497 e. The summed E-state index contributed by atoms with van der Waals surface area (Å²) in [6, 6.07) is 16.5. The van der Waals surface area contributed by atoms with Crippen LogP contribution in [0.25, 0.3) is 11.6 Å². The smallest absolute Gasteiger partial charge is 0.129 e. The Hall–Kier alpha value is -3.24. The van der Waals surface area contributed by atoms with Crippen LogP contribution in [-0.2, 0) is 0 Å². The van der Waals surface area contributed by atoms with Crippen molar-refractivity contribution < 1.29 is 9.47 Å². The van der Waals surface area contributed by atoms with E-state index < -0.39 is 0 Å². The molecule has 0 fully saturated rings. The minimum absolute atomic E-state index is 0.493. The van der Waals surface area contributed by atoms with Gasteiger partial charge in [-0.25, -0.2) is 0 Å². The number of methoxy groups -OCH3 is 2. The third kappa shape index (κ3) is 3.26. The molecule has 2 aromatic carbocycles. The van der Waals surface area contributed by atoms with Gasteiger partial charge in [-0.1, -0.05) is 12.1 Å². The number of ether oxygens (including phenoxy) is 2. The summed E-state index contributed by atoms with van der Waals surface area (Å²) < 4.78 is 10.5. The molecule has 0 saturated carbocycles.